The number of methoxy groups -OCH3 is 1. The van der Waals surface area contributed by atoms with E-state index in [0.29, 0.717) is 30.8 Å². The molecule has 0 aliphatic carbocycles. The monoisotopic (exact) mass is 270 g/mol. The maximum absolute atomic E-state index is 7.81. The van der Waals surface area contributed by atoms with Gasteiger partial charge in [0, 0.05) is 55.0 Å². The van der Waals surface area contributed by atoms with Crippen LogP contribution >= 0.6 is 0 Å². The summed E-state index contributed by atoms with van der Waals surface area (Å²) in [6.07, 6.45) is 6.85. The Labute approximate surface area is 117 Å². The molecule has 0 atom stereocenters. The van der Waals surface area contributed by atoms with Crippen LogP contribution in [0.15, 0.2) is 36.9 Å². The lowest BCUT2D eigenvalue weighted by Crippen LogP contribution is -2.09. The van der Waals surface area contributed by atoms with Gasteiger partial charge in [-0.2, -0.15) is 0 Å². The highest BCUT2D eigenvalue weighted by atomic mass is 16.5. The number of rotatable bonds is 5. The fourth-order valence-electron chi connectivity index (χ4n) is 1.86. The number of aromatic amines is 1. The highest BCUT2D eigenvalue weighted by Gasteiger charge is 2.03. The lowest BCUT2D eigenvalue weighted by molar-refractivity contribution is 0.210. The maximum atomic E-state index is 7.81. The van der Waals surface area contributed by atoms with Crippen LogP contribution < -0.4 is 5.32 Å². The molecule has 0 bridgehead atoms. The Hall–Kier alpha value is -2.47. The third-order valence-electron chi connectivity index (χ3n) is 2.90. The Morgan fingerprint density at radius 2 is 2.05 bits per heavy atom. The summed E-state index contributed by atoms with van der Waals surface area (Å²) < 4.78 is 12.8. The zero-order valence-electron chi connectivity index (χ0n) is 12.1. The number of nitrogens with zero attached hydrogens (tertiary/aromatic N) is 3. The van der Waals surface area contributed by atoms with Gasteiger partial charge in [-0.25, -0.2) is 15.0 Å². The molecule has 3 aromatic rings. The van der Waals surface area contributed by atoms with Gasteiger partial charge in [-0.1, -0.05) is 0 Å². The number of nitrogens with one attached hydrogen (secondary N) is 2. The average Bonchev–Trinajstić information content (AvgIpc) is 2.89. The summed E-state index contributed by atoms with van der Waals surface area (Å²) in [6, 6.07) is 2.34. The topological polar surface area (TPSA) is 75.7 Å². The molecule has 6 nitrogen and oxygen atoms in total. The van der Waals surface area contributed by atoms with Crippen molar-refractivity contribution in [3.63, 3.8) is 0 Å². The SMILES string of the molecule is [2H]c1c[nH]c2ncc(-c3cnc(NCCOC)nc3)cc12. The van der Waals surface area contributed by atoms with Gasteiger partial charge in [-0.05, 0) is 12.1 Å². The van der Waals surface area contributed by atoms with E-state index >= 15 is 0 Å². The minimum atomic E-state index is 0.429. The van der Waals surface area contributed by atoms with Crippen LogP contribution in [-0.2, 0) is 4.74 Å². The van der Waals surface area contributed by atoms with Gasteiger partial charge >= 0.3 is 0 Å². The van der Waals surface area contributed by atoms with Gasteiger partial charge in [0.25, 0.3) is 0 Å². The fourth-order valence-corrected chi connectivity index (χ4v) is 1.86. The van der Waals surface area contributed by atoms with Crippen molar-refractivity contribution in [3.05, 3.63) is 36.9 Å². The summed E-state index contributed by atoms with van der Waals surface area (Å²) >= 11 is 0. The summed E-state index contributed by atoms with van der Waals surface area (Å²) in [6.45, 7) is 1.26. The van der Waals surface area contributed by atoms with Crippen molar-refractivity contribution in [2.24, 2.45) is 0 Å². The smallest absolute Gasteiger partial charge is 0.222 e. The molecule has 2 N–H and O–H groups in total. The van der Waals surface area contributed by atoms with Crippen molar-refractivity contribution in [2.45, 2.75) is 0 Å². The van der Waals surface area contributed by atoms with Crippen LogP contribution in [0.5, 0.6) is 0 Å². The van der Waals surface area contributed by atoms with E-state index in [2.05, 4.69) is 25.3 Å². The van der Waals surface area contributed by atoms with Crippen LogP contribution in [0.1, 0.15) is 1.37 Å². The first-order valence-electron chi connectivity index (χ1n) is 6.77. The minimum absolute atomic E-state index is 0.429. The lowest BCUT2D eigenvalue weighted by Gasteiger charge is -2.05. The van der Waals surface area contributed by atoms with Crippen LogP contribution in [0.25, 0.3) is 22.2 Å². The summed E-state index contributed by atoms with van der Waals surface area (Å²) in [5, 5.41) is 3.85. The number of hydrogen-bond donors (Lipinski definition) is 2. The van der Waals surface area contributed by atoms with Gasteiger partial charge in [-0.3, -0.25) is 0 Å². The first-order chi connectivity index (χ1) is 10.3. The van der Waals surface area contributed by atoms with E-state index in [1.807, 2.05) is 6.07 Å². The van der Waals surface area contributed by atoms with Gasteiger partial charge in [0.1, 0.15) is 5.65 Å². The van der Waals surface area contributed by atoms with E-state index in [9.17, 15) is 0 Å². The highest BCUT2D eigenvalue weighted by molar-refractivity contribution is 5.80. The van der Waals surface area contributed by atoms with E-state index < -0.39 is 0 Å². The Bertz CT molecular complexity index is 741. The van der Waals surface area contributed by atoms with Gasteiger partial charge < -0.3 is 15.0 Å². The summed E-state index contributed by atoms with van der Waals surface area (Å²) in [7, 11) is 1.65. The quantitative estimate of drug-likeness (QED) is 0.694. The largest absolute Gasteiger partial charge is 0.383 e. The molecule has 102 valence electrons. The molecule has 0 radical (unpaired) electrons. The second-order valence-corrected chi connectivity index (χ2v) is 4.27. The molecule has 20 heavy (non-hydrogen) atoms. The summed E-state index contributed by atoms with van der Waals surface area (Å²) in [5.74, 6) is 0.563. The fraction of sp³-hybridized carbons (Fsp3) is 0.214. The van der Waals surface area contributed by atoms with Gasteiger partial charge in [-0.15, -0.1) is 0 Å². The number of ether oxygens (including phenoxy) is 1. The van der Waals surface area contributed by atoms with Crippen LogP contribution in [0, 0.1) is 0 Å². The molecule has 3 rings (SSSR count). The molecule has 0 unspecified atom stereocenters. The van der Waals surface area contributed by atoms with Crippen molar-refractivity contribution in [3.8, 4) is 11.1 Å². The van der Waals surface area contributed by atoms with Crippen molar-refractivity contribution >= 4 is 17.0 Å². The normalized spacial score (nSPS) is 11.6. The van der Waals surface area contributed by atoms with Crippen molar-refractivity contribution in [1.82, 2.24) is 19.9 Å². The second-order valence-electron chi connectivity index (χ2n) is 4.27. The Balaban J connectivity index is 1.83. The van der Waals surface area contributed by atoms with Gasteiger partial charge in [0.2, 0.25) is 5.95 Å². The zero-order chi connectivity index (χ0) is 14.7. The molecule has 0 aromatic carbocycles. The van der Waals surface area contributed by atoms with Crippen molar-refractivity contribution in [2.75, 3.05) is 25.6 Å². The van der Waals surface area contributed by atoms with Crippen molar-refractivity contribution in [1.29, 1.82) is 0 Å². The molecule has 0 fully saturated rings. The number of anilines is 1. The predicted molar refractivity (Wildman–Crippen MR) is 77.5 cm³/mol. The molecule has 0 saturated heterocycles. The van der Waals surface area contributed by atoms with Crippen LogP contribution in [0.4, 0.5) is 5.95 Å². The van der Waals surface area contributed by atoms with E-state index in [1.54, 1.807) is 31.9 Å². The zero-order valence-corrected chi connectivity index (χ0v) is 11.1. The molecule has 0 aliphatic heterocycles. The minimum Gasteiger partial charge on any atom is -0.383 e. The molecule has 3 aromatic heterocycles. The Morgan fingerprint density at radius 3 is 2.85 bits per heavy atom. The van der Waals surface area contributed by atoms with Crippen LogP contribution in [-0.4, -0.2) is 40.2 Å². The third kappa shape index (κ3) is 2.60. The van der Waals surface area contributed by atoms with E-state index in [1.165, 1.54) is 0 Å². The number of H-pyrrole nitrogens is 1. The molecule has 0 aliphatic rings. The number of hydrogen-bond acceptors (Lipinski definition) is 5. The third-order valence-corrected chi connectivity index (χ3v) is 2.90. The Kier molecular flexibility index (Phi) is 3.22. The predicted octanol–water partition coefficient (Wildman–Crippen LogP) is 2.08. The average molecular weight is 270 g/mol. The second kappa shape index (κ2) is 5.66. The number of fused-ring (bicyclic) bond motifs is 1. The van der Waals surface area contributed by atoms with Gasteiger partial charge in [0.15, 0.2) is 0 Å². The first-order valence-corrected chi connectivity index (χ1v) is 6.27. The van der Waals surface area contributed by atoms with E-state index in [0.717, 1.165) is 16.5 Å². The van der Waals surface area contributed by atoms with E-state index in [-0.39, 0.29) is 0 Å². The molecule has 6 heteroatoms. The molecular weight excluding hydrogens is 254 g/mol. The van der Waals surface area contributed by atoms with Gasteiger partial charge in [0.05, 0.1) is 7.98 Å². The first kappa shape index (κ1) is 11.4. The molecule has 0 spiro atoms. The van der Waals surface area contributed by atoms with Crippen molar-refractivity contribution < 1.29 is 6.11 Å². The molecule has 0 amide bonds. The molecule has 3 heterocycles. The molecular formula is C14H15N5O. The summed E-state index contributed by atoms with van der Waals surface area (Å²) in [4.78, 5) is 15.8. The standard InChI is InChI=1S/C14H15N5O/c1-20-5-4-16-14-18-8-12(9-19-14)11-6-10-2-3-15-13(10)17-7-11/h2-3,6-9H,4-5H2,1H3,(H,15,17)(H,16,18,19)/i2D. The number of pyridine rings is 1. The molecule has 0 saturated carbocycles. The van der Waals surface area contributed by atoms with E-state index in [4.69, 9.17) is 6.11 Å². The lowest BCUT2D eigenvalue weighted by atomic mass is 10.1. The maximum Gasteiger partial charge on any atom is 0.222 e. The summed E-state index contributed by atoms with van der Waals surface area (Å²) in [5.41, 5.74) is 2.46. The van der Waals surface area contributed by atoms with Crippen LogP contribution in [0.3, 0.4) is 0 Å². The number of aromatic nitrogens is 4. The highest BCUT2D eigenvalue weighted by Crippen LogP contribution is 2.21. The Morgan fingerprint density at radius 1 is 1.25 bits per heavy atom. The van der Waals surface area contributed by atoms with Crippen LogP contribution in [0.2, 0.25) is 0 Å².